The molecule has 0 bridgehead atoms. The van der Waals surface area contributed by atoms with Gasteiger partial charge >= 0.3 is 0 Å². The zero-order chi connectivity index (χ0) is 17.3. The number of nitrogens with two attached hydrogens (primary N) is 1. The van der Waals surface area contributed by atoms with E-state index in [9.17, 15) is 17.6 Å². The van der Waals surface area contributed by atoms with Crippen LogP contribution in [-0.4, -0.2) is 26.9 Å². The Hall–Kier alpha value is -2.45. The van der Waals surface area contributed by atoms with Crippen LogP contribution in [0.4, 0.5) is 10.1 Å². The summed E-state index contributed by atoms with van der Waals surface area (Å²) >= 11 is 0. The molecule has 2 aromatic rings. The van der Waals surface area contributed by atoms with Gasteiger partial charge < -0.3 is 11.1 Å². The van der Waals surface area contributed by atoms with Gasteiger partial charge in [0.15, 0.2) is 0 Å². The second kappa shape index (κ2) is 6.21. The minimum atomic E-state index is -4.12. The molecular formula is C16H16FN3O3S. The van der Waals surface area contributed by atoms with Crippen LogP contribution in [0, 0.1) is 5.82 Å². The van der Waals surface area contributed by atoms with Gasteiger partial charge in [-0.2, -0.15) is 0 Å². The second-order valence-corrected chi connectivity index (χ2v) is 7.25. The van der Waals surface area contributed by atoms with Crippen LogP contribution in [0.25, 0.3) is 0 Å². The zero-order valence-electron chi connectivity index (χ0n) is 12.6. The van der Waals surface area contributed by atoms with E-state index in [1.165, 1.54) is 0 Å². The lowest BCUT2D eigenvalue weighted by atomic mass is 10.0. The molecule has 0 radical (unpaired) electrons. The number of para-hydroxylation sites is 1. The predicted molar refractivity (Wildman–Crippen MR) is 87.7 cm³/mol. The molecule has 1 atom stereocenters. The van der Waals surface area contributed by atoms with Crippen molar-refractivity contribution < 1.29 is 17.6 Å². The maximum absolute atomic E-state index is 13.9. The monoisotopic (exact) mass is 349 g/mol. The minimum Gasteiger partial charge on any atom is -0.383 e. The number of nitrogens with one attached hydrogen (secondary N) is 2. The highest BCUT2D eigenvalue weighted by Gasteiger charge is 2.26. The number of sulfonamides is 1. The number of hydrogen-bond acceptors (Lipinski definition) is 4. The molecule has 8 heteroatoms. The van der Waals surface area contributed by atoms with Gasteiger partial charge in [0, 0.05) is 23.8 Å². The van der Waals surface area contributed by atoms with Gasteiger partial charge in [-0.3, -0.25) is 4.79 Å². The molecule has 0 saturated heterocycles. The lowest BCUT2D eigenvalue weighted by Crippen LogP contribution is -2.43. The van der Waals surface area contributed by atoms with E-state index in [-0.39, 0.29) is 5.56 Å². The number of carbonyl (C=O) groups excluding carboxylic acids is 1. The van der Waals surface area contributed by atoms with E-state index in [1.54, 1.807) is 0 Å². The molecule has 126 valence electrons. The largest absolute Gasteiger partial charge is 0.383 e. The Kier molecular flexibility index (Phi) is 4.25. The van der Waals surface area contributed by atoms with Crippen LogP contribution in [0.1, 0.15) is 15.9 Å². The molecular weight excluding hydrogens is 333 g/mol. The Labute approximate surface area is 138 Å². The van der Waals surface area contributed by atoms with Gasteiger partial charge in [0.1, 0.15) is 10.7 Å². The molecule has 6 nitrogen and oxygen atoms in total. The van der Waals surface area contributed by atoms with Gasteiger partial charge in [-0.1, -0.05) is 18.2 Å². The van der Waals surface area contributed by atoms with Crippen molar-refractivity contribution in [1.29, 1.82) is 0 Å². The first-order chi connectivity index (χ1) is 11.4. The van der Waals surface area contributed by atoms with Crippen LogP contribution in [0.2, 0.25) is 0 Å². The van der Waals surface area contributed by atoms with Crippen molar-refractivity contribution in [2.24, 2.45) is 5.73 Å². The van der Waals surface area contributed by atoms with Crippen LogP contribution in [0.5, 0.6) is 0 Å². The van der Waals surface area contributed by atoms with Gasteiger partial charge in [0.05, 0.1) is 0 Å². The highest BCUT2D eigenvalue weighted by Crippen LogP contribution is 2.23. The van der Waals surface area contributed by atoms with Crippen LogP contribution < -0.4 is 15.8 Å². The van der Waals surface area contributed by atoms with Crippen molar-refractivity contribution in [3.8, 4) is 0 Å². The molecule has 4 N–H and O–H groups in total. The average molecular weight is 349 g/mol. The number of rotatable bonds is 4. The van der Waals surface area contributed by atoms with Crippen molar-refractivity contribution in [2.45, 2.75) is 17.4 Å². The summed E-state index contributed by atoms with van der Waals surface area (Å²) in [5, 5.41) is 3.14. The topological polar surface area (TPSA) is 101 Å². The number of primary amides is 1. The fourth-order valence-electron chi connectivity index (χ4n) is 2.67. The third kappa shape index (κ3) is 3.24. The molecule has 1 aliphatic heterocycles. The Bertz CT molecular complexity index is 899. The van der Waals surface area contributed by atoms with Gasteiger partial charge in [0.2, 0.25) is 15.9 Å². The molecule has 0 spiro atoms. The maximum atomic E-state index is 13.9. The maximum Gasteiger partial charge on any atom is 0.248 e. The molecule has 3 rings (SSSR count). The summed E-state index contributed by atoms with van der Waals surface area (Å²) in [6.45, 7) is 0.382. The Morgan fingerprint density at radius 1 is 1.25 bits per heavy atom. The predicted octanol–water partition coefficient (Wildman–Crippen LogP) is 1.24. The van der Waals surface area contributed by atoms with Gasteiger partial charge in [-0.25, -0.2) is 17.5 Å². The highest BCUT2D eigenvalue weighted by molar-refractivity contribution is 7.89. The summed E-state index contributed by atoms with van der Waals surface area (Å²) in [4.78, 5) is 10.6. The normalized spacial score (nSPS) is 17.0. The van der Waals surface area contributed by atoms with Crippen LogP contribution in [-0.2, 0) is 16.4 Å². The molecule has 1 amide bonds. The van der Waals surface area contributed by atoms with Gasteiger partial charge in [-0.05, 0) is 36.2 Å². The number of benzene rings is 2. The van der Waals surface area contributed by atoms with Crippen LogP contribution in [0.15, 0.2) is 47.4 Å². The zero-order valence-corrected chi connectivity index (χ0v) is 13.4. The van der Waals surface area contributed by atoms with E-state index in [1.807, 2.05) is 24.3 Å². The van der Waals surface area contributed by atoms with E-state index < -0.39 is 32.7 Å². The third-order valence-corrected chi connectivity index (χ3v) is 5.39. The summed E-state index contributed by atoms with van der Waals surface area (Å²) < 4.78 is 41.4. The summed E-state index contributed by atoms with van der Waals surface area (Å²) in [7, 11) is -4.12. The third-order valence-electron chi connectivity index (χ3n) is 3.85. The number of halogens is 1. The Morgan fingerprint density at radius 2 is 2.00 bits per heavy atom. The Morgan fingerprint density at radius 3 is 2.75 bits per heavy atom. The lowest BCUT2D eigenvalue weighted by Gasteiger charge is -2.26. The van der Waals surface area contributed by atoms with Crippen molar-refractivity contribution in [3.05, 3.63) is 59.4 Å². The standard InChI is InChI=1S/C16H16FN3O3S/c17-13-6-5-11(16(18)21)8-15(13)24(22,23)20-12-7-10-3-1-2-4-14(10)19-9-12/h1-6,8,12,19-20H,7,9H2,(H2,18,21). The molecule has 2 aromatic carbocycles. The van der Waals surface area contributed by atoms with E-state index >= 15 is 0 Å². The van der Waals surface area contributed by atoms with Crippen molar-refractivity contribution in [3.63, 3.8) is 0 Å². The average Bonchev–Trinajstić information content (AvgIpc) is 2.54. The number of amides is 1. The number of anilines is 1. The smallest absolute Gasteiger partial charge is 0.248 e. The fourth-order valence-corrected chi connectivity index (χ4v) is 4.01. The molecule has 0 fully saturated rings. The molecule has 1 heterocycles. The van der Waals surface area contributed by atoms with E-state index in [0.29, 0.717) is 13.0 Å². The van der Waals surface area contributed by atoms with Crippen LogP contribution >= 0.6 is 0 Å². The number of carbonyl (C=O) groups is 1. The summed E-state index contributed by atoms with van der Waals surface area (Å²) in [5.41, 5.74) is 6.99. The first-order valence-corrected chi connectivity index (χ1v) is 8.78. The molecule has 0 aliphatic carbocycles. The molecule has 1 unspecified atom stereocenters. The van der Waals surface area contributed by atoms with Gasteiger partial charge in [-0.15, -0.1) is 0 Å². The molecule has 1 aliphatic rings. The lowest BCUT2D eigenvalue weighted by molar-refractivity contribution is 0.1000. The molecule has 0 saturated carbocycles. The number of fused-ring (bicyclic) bond motifs is 1. The van der Waals surface area contributed by atoms with E-state index in [4.69, 9.17) is 5.73 Å². The van der Waals surface area contributed by atoms with Crippen molar-refractivity contribution in [2.75, 3.05) is 11.9 Å². The molecule has 0 aromatic heterocycles. The first kappa shape index (κ1) is 16.4. The van der Waals surface area contributed by atoms with E-state index in [2.05, 4.69) is 10.0 Å². The van der Waals surface area contributed by atoms with Crippen molar-refractivity contribution in [1.82, 2.24) is 4.72 Å². The first-order valence-electron chi connectivity index (χ1n) is 7.30. The van der Waals surface area contributed by atoms with Crippen molar-refractivity contribution >= 4 is 21.6 Å². The molecule has 24 heavy (non-hydrogen) atoms. The fraction of sp³-hybridized carbons (Fsp3) is 0.188. The SMILES string of the molecule is NC(=O)c1ccc(F)c(S(=O)(=O)NC2CNc3ccccc3C2)c1. The highest BCUT2D eigenvalue weighted by atomic mass is 32.2. The summed E-state index contributed by atoms with van der Waals surface area (Å²) in [6.07, 6.45) is 0.486. The van der Waals surface area contributed by atoms with Gasteiger partial charge in [0.25, 0.3) is 0 Å². The second-order valence-electron chi connectivity index (χ2n) is 5.57. The van der Waals surface area contributed by atoms with Crippen LogP contribution in [0.3, 0.4) is 0 Å². The Balaban J connectivity index is 1.85. The quantitative estimate of drug-likeness (QED) is 0.773. The minimum absolute atomic E-state index is 0.0658. The number of hydrogen-bond donors (Lipinski definition) is 3. The van der Waals surface area contributed by atoms with E-state index in [0.717, 1.165) is 29.4 Å². The summed E-state index contributed by atoms with van der Waals surface area (Å²) in [5.74, 6) is -1.75. The summed E-state index contributed by atoms with van der Waals surface area (Å²) in [6, 6.07) is 10.2.